The molecule has 0 aromatic heterocycles. The van der Waals surface area contributed by atoms with Crippen LogP contribution < -0.4 is 15.5 Å². The van der Waals surface area contributed by atoms with E-state index >= 15 is 0 Å². The summed E-state index contributed by atoms with van der Waals surface area (Å²) >= 11 is 0. The molecule has 0 atom stereocenters. The maximum atomic E-state index is 13.6. The van der Waals surface area contributed by atoms with Crippen LogP contribution in [0.4, 0.5) is 15.8 Å². The minimum Gasteiger partial charge on any atom is -0.350 e. The van der Waals surface area contributed by atoms with Gasteiger partial charge in [0.1, 0.15) is 12.4 Å². The summed E-state index contributed by atoms with van der Waals surface area (Å²) in [7, 11) is 0. The third kappa shape index (κ3) is 5.41. The lowest BCUT2D eigenvalue weighted by Crippen LogP contribution is -2.39. The Balaban J connectivity index is 2.06. The molecule has 2 aromatic carbocycles. The van der Waals surface area contributed by atoms with Gasteiger partial charge >= 0.3 is 0 Å². The summed E-state index contributed by atoms with van der Waals surface area (Å²) in [6.07, 6.45) is 0. The lowest BCUT2D eigenvalue weighted by Gasteiger charge is -2.21. The molecule has 0 aliphatic carbocycles. The smallest absolute Gasteiger partial charge is 0.240 e. The van der Waals surface area contributed by atoms with E-state index in [1.54, 1.807) is 42.5 Å². The van der Waals surface area contributed by atoms with Gasteiger partial charge in [0.2, 0.25) is 17.7 Å². The molecule has 7 heteroatoms. The highest BCUT2D eigenvalue weighted by atomic mass is 19.1. The average Bonchev–Trinajstić information content (AvgIpc) is 2.58. The van der Waals surface area contributed by atoms with Crippen LogP contribution in [0, 0.1) is 5.82 Å². The first-order valence-corrected chi connectivity index (χ1v) is 8.02. The summed E-state index contributed by atoms with van der Waals surface area (Å²) in [4.78, 5) is 36.6. The van der Waals surface area contributed by atoms with Gasteiger partial charge in [0.25, 0.3) is 0 Å². The topological polar surface area (TPSA) is 78.5 Å². The molecule has 0 fully saturated rings. The molecule has 136 valence electrons. The number of carbonyl (C=O) groups is 3. The Bertz CT molecular complexity index is 823. The predicted molar refractivity (Wildman–Crippen MR) is 97.0 cm³/mol. The molecule has 0 spiro atoms. The highest BCUT2D eigenvalue weighted by Gasteiger charge is 2.16. The van der Waals surface area contributed by atoms with E-state index in [0.717, 1.165) is 0 Å². The van der Waals surface area contributed by atoms with E-state index in [9.17, 15) is 18.8 Å². The van der Waals surface area contributed by atoms with E-state index in [2.05, 4.69) is 10.6 Å². The quantitative estimate of drug-likeness (QED) is 0.834. The molecule has 0 aliphatic rings. The predicted octanol–water partition coefficient (Wildman–Crippen LogP) is 2.45. The average molecular weight is 357 g/mol. The molecule has 0 radical (unpaired) electrons. The Kier molecular flexibility index (Phi) is 6.43. The van der Waals surface area contributed by atoms with Crippen molar-refractivity contribution in [3.05, 3.63) is 59.9 Å². The second kappa shape index (κ2) is 8.75. The molecule has 2 N–H and O–H groups in total. The van der Waals surface area contributed by atoms with Crippen molar-refractivity contribution in [3.8, 4) is 0 Å². The number of anilines is 2. The third-order valence-electron chi connectivity index (χ3n) is 3.59. The molecular formula is C19H20FN3O3. The van der Waals surface area contributed by atoms with Gasteiger partial charge in [0.15, 0.2) is 0 Å². The molecule has 0 bridgehead atoms. The number of nitrogens with one attached hydrogen (secondary N) is 2. The second-order valence-electron chi connectivity index (χ2n) is 5.70. The molecule has 0 saturated carbocycles. The van der Waals surface area contributed by atoms with E-state index in [4.69, 9.17) is 0 Å². The van der Waals surface area contributed by atoms with Gasteiger partial charge in [-0.05, 0) is 24.3 Å². The van der Waals surface area contributed by atoms with Crippen molar-refractivity contribution in [1.82, 2.24) is 5.32 Å². The molecular weight excluding hydrogens is 337 g/mol. The number of rotatable bonds is 6. The van der Waals surface area contributed by atoms with E-state index < -0.39 is 11.7 Å². The Hall–Kier alpha value is -3.22. The Labute approximate surface area is 151 Å². The molecule has 2 rings (SSSR count). The van der Waals surface area contributed by atoms with Crippen LogP contribution in [-0.2, 0) is 20.9 Å². The molecule has 2 aromatic rings. The van der Waals surface area contributed by atoms with Gasteiger partial charge in [-0.25, -0.2) is 4.39 Å². The Morgan fingerprint density at radius 1 is 1.04 bits per heavy atom. The summed E-state index contributed by atoms with van der Waals surface area (Å²) in [6.45, 7) is 2.54. The molecule has 0 heterocycles. The van der Waals surface area contributed by atoms with Gasteiger partial charge in [-0.3, -0.25) is 14.4 Å². The van der Waals surface area contributed by atoms with Crippen LogP contribution in [-0.4, -0.2) is 24.3 Å². The number of halogens is 1. The minimum atomic E-state index is -0.423. The molecule has 26 heavy (non-hydrogen) atoms. The van der Waals surface area contributed by atoms with Gasteiger partial charge in [-0.2, -0.15) is 0 Å². The van der Waals surface area contributed by atoms with Gasteiger partial charge in [-0.15, -0.1) is 0 Å². The van der Waals surface area contributed by atoms with E-state index in [0.29, 0.717) is 16.9 Å². The third-order valence-corrected chi connectivity index (χ3v) is 3.59. The first kappa shape index (κ1) is 19.1. The second-order valence-corrected chi connectivity index (χ2v) is 5.70. The van der Waals surface area contributed by atoms with Crippen LogP contribution in [0.1, 0.15) is 19.4 Å². The molecule has 0 unspecified atom stereocenters. The van der Waals surface area contributed by atoms with Crippen molar-refractivity contribution in [2.24, 2.45) is 0 Å². The number of hydrogen-bond donors (Lipinski definition) is 2. The maximum absolute atomic E-state index is 13.6. The molecule has 3 amide bonds. The first-order chi connectivity index (χ1) is 12.4. The van der Waals surface area contributed by atoms with Crippen molar-refractivity contribution in [1.29, 1.82) is 0 Å². The van der Waals surface area contributed by atoms with Crippen LogP contribution >= 0.6 is 0 Å². The number of hydrogen-bond acceptors (Lipinski definition) is 3. The van der Waals surface area contributed by atoms with Crippen molar-refractivity contribution >= 4 is 29.1 Å². The standard InChI is InChI=1S/C19H20FN3O3/c1-13(24)22-16-7-5-8-17(10-16)23(14(2)25)12-19(26)21-11-15-6-3-4-9-18(15)20/h3-10H,11-12H2,1-2H3,(H,21,26)(H,22,24). The number of benzene rings is 2. The maximum Gasteiger partial charge on any atom is 0.240 e. The lowest BCUT2D eigenvalue weighted by atomic mass is 10.2. The van der Waals surface area contributed by atoms with E-state index in [1.165, 1.54) is 24.8 Å². The van der Waals surface area contributed by atoms with Crippen molar-refractivity contribution in [3.63, 3.8) is 0 Å². The number of nitrogens with zero attached hydrogens (tertiary/aromatic N) is 1. The number of carbonyl (C=O) groups excluding carboxylic acids is 3. The highest BCUT2D eigenvalue weighted by Crippen LogP contribution is 2.19. The SMILES string of the molecule is CC(=O)Nc1cccc(N(CC(=O)NCc2ccccc2F)C(C)=O)c1. The van der Waals surface area contributed by atoms with Crippen molar-refractivity contribution in [2.75, 3.05) is 16.8 Å². The zero-order chi connectivity index (χ0) is 19.1. The lowest BCUT2D eigenvalue weighted by molar-refractivity contribution is -0.123. The fraction of sp³-hybridized carbons (Fsp3) is 0.211. The van der Waals surface area contributed by atoms with E-state index in [1.807, 2.05) is 0 Å². The van der Waals surface area contributed by atoms with Crippen LogP contribution in [0.5, 0.6) is 0 Å². The molecule has 6 nitrogen and oxygen atoms in total. The van der Waals surface area contributed by atoms with Crippen LogP contribution in [0.2, 0.25) is 0 Å². The normalized spacial score (nSPS) is 10.1. The van der Waals surface area contributed by atoms with Crippen LogP contribution in [0.3, 0.4) is 0 Å². The largest absolute Gasteiger partial charge is 0.350 e. The first-order valence-electron chi connectivity index (χ1n) is 8.02. The van der Waals surface area contributed by atoms with Crippen LogP contribution in [0.25, 0.3) is 0 Å². The Morgan fingerprint density at radius 3 is 2.42 bits per heavy atom. The molecule has 0 aliphatic heterocycles. The molecule has 0 saturated heterocycles. The number of amides is 3. The zero-order valence-corrected chi connectivity index (χ0v) is 14.6. The van der Waals surface area contributed by atoms with Crippen LogP contribution in [0.15, 0.2) is 48.5 Å². The van der Waals surface area contributed by atoms with Crippen molar-refractivity contribution in [2.45, 2.75) is 20.4 Å². The highest BCUT2D eigenvalue weighted by molar-refractivity contribution is 5.98. The van der Waals surface area contributed by atoms with Gasteiger partial charge in [0, 0.05) is 37.3 Å². The fourth-order valence-corrected chi connectivity index (χ4v) is 2.37. The monoisotopic (exact) mass is 357 g/mol. The van der Waals surface area contributed by atoms with Gasteiger partial charge in [-0.1, -0.05) is 24.3 Å². The Morgan fingerprint density at radius 2 is 1.77 bits per heavy atom. The summed E-state index contributed by atoms with van der Waals surface area (Å²) in [5.74, 6) is -1.39. The fourth-order valence-electron chi connectivity index (χ4n) is 2.37. The minimum absolute atomic E-state index is 0.0309. The summed E-state index contributed by atoms with van der Waals surface area (Å²) in [5.41, 5.74) is 1.36. The summed E-state index contributed by atoms with van der Waals surface area (Å²) in [6, 6.07) is 12.8. The van der Waals surface area contributed by atoms with E-state index in [-0.39, 0.29) is 24.9 Å². The van der Waals surface area contributed by atoms with Gasteiger partial charge < -0.3 is 15.5 Å². The zero-order valence-electron chi connectivity index (χ0n) is 14.6. The summed E-state index contributed by atoms with van der Waals surface area (Å²) in [5, 5.41) is 5.23. The van der Waals surface area contributed by atoms with Gasteiger partial charge in [0.05, 0.1) is 0 Å². The summed E-state index contributed by atoms with van der Waals surface area (Å²) < 4.78 is 13.6. The van der Waals surface area contributed by atoms with Crippen molar-refractivity contribution < 1.29 is 18.8 Å².